The molecular weight excluding hydrogens is 372 g/mol. The maximum atomic E-state index is 13.0. The second-order valence-electron chi connectivity index (χ2n) is 7.97. The second-order valence-corrected chi connectivity index (χ2v) is 7.97. The number of nitrogens with zero attached hydrogens (tertiary/aromatic N) is 1. The number of carbonyl (C=O) groups is 1. The summed E-state index contributed by atoms with van der Waals surface area (Å²) >= 11 is 0. The van der Waals surface area contributed by atoms with E-state index >= 15 is 0 Å². The third-order valence-electron chi connectivity index (χ3n) is 5.85. The molecule has 1 N–H and O–H groups in total. The third-order valence-corrected chi connectivity index (χ3v) is 5.85. The highest BCUT2D eigenvalue weighted by atomic mass is 16.5. The van der Waals surface area contributed by atoms with E-state index in [-0.39, 0.29) is 17.2 Å². The zero-order chi connectivity index (χ0) is 21.1. The Balaban J connectivity index is 1.55. The lowest BCUT2D eigenvalue weighted by Crippen LogP contribution is -2.25. The lowest BCUT2D eigenvalue weighted by molar-refractivity contribution is -0.122. The van der Waals surface area contributed by atoms with Gasteiger partial charge in [-0.05, 0) is 61.2 Å². The van der Waals surface area contributed by atoms with Crippen LogP contribution in [0.3, 0.4) is 0 Å². The minimum atomic E-state index is -0.294. The fourth-order valence-electron chi connectivity index (χ4n) is 4.17. The van der Waals surface area contributed by atoms with E-state index < -0.39 is 0 Å². The fraction of sp³-hybridized carbons (Fsp3) is 0.231. The number of hydrogen-bond donors (Lipinski definition) is 1. The summed E-state index contributed by atoms with van der Waals surface area (Å²) in [5.74, 6) is 0.590. The molecule has 1 saturated carbocycles. The summed E-state index contributed by atoms with van der Waals surface area (Å²) in [6.45, 7) is 4.17. The molecule has 1 atom stereocenters. The Bertz CT molecular complexity index is 1040. The van der Waals surface area contributed by atoms with Crippen LogP contribution in [0.15, 0.2) is 77.9 Å². The predicted octanol–water partition coefficient (Wildman–Crippen LogP) is 4.77. The van der Waals surface area contributed by atoms with Gasteiger partial charge in [-0.3, -0.25) is 4.79 Å². The van der Waals surface area contributed by atoms with Crippen LogP contribution < -0.4 is 10.2 Å². The number of hydrogen-bond acceptors (Lipinski definition) is 3. The molecule has 0 spiro atoms. The quantitative estimate of drug-likeness (QED) is 0.480. The molecule has 4 nitrogen and oxygen atoms in total. The van der Waals surface area contributed by atoms with E-state index in [0.717, 1.165) is 17.7 Å². The van der Waals surface area contributed by atoms with Crippen molar-refractivity contribution in [2.24, 2.45) is 11.0 Å². The zero-order valence-corrected chi connectivity index (χ0v) is 17.6. The Morgan fingerprint density at radius 2 is 1.60 bits per heavy atom. The van der Waals surface area contributed by atoms with Gasteiger partial charge >= 0.3 is 0 Å². The first-order chi connectivity index (χ1) is 14.5. The Kier molecular flexibility index (Phi) is 5.40. The van der Waals surface area contributed by atoms with Crippen molar-refractivity contribution in [2.45, 2.75) is 25.7 Å². The van der Waals surface area contributed by atoms with Gasteiger partial charge in [-0.1, -0.05) is 59.7 Å². The Labute approximate surface area is 177 Å². The zero-order valence-electron chi connectivity index (χ0n) is 17.6. The van der Waals surface area contributed by atoms with Gasteiger partial charge in [0.1, 0.15) is 5.75 Å². The van der Waals surface area contributed by atoms with Gasteiger partial charge < -0.3 is 4.74 Å². The smallest absolute Gasteiger partial charge is 0.244 e. The number of hydrazone groups is 1. The van der Waals surface area contributed by atoms with Gasteiger partial charge in [0.15, 0.2) is 0 Å². The van der Waals surface area contributed by atoms with Gasteiger partial charge in [0, 0.05) is 5.41 Å². The van der Waals surface area contributed by atoms with Crippen LogP contribution in [0.2, 0.25) is 0 Å². The van der Waals surface area contributed by atoms with E-state index in [2.05, 4.69) is 72.9 Å². The summed E-state index contributed by atoms with van der Waals surface area (Å²) < 4.78 is 5.16. The number of ether oxygens (including phenoxy) is 1. The summed E-state index contributed by atoms with van der Waals surface area (Å²) in [6.07, 6.45) is 2.44. The number of nitrogens with one attached hydrogen (secondary N) is 1. The van der Waals surface area contributed by atoms with Gasteiger partial charge in [0.25, 0.3) is 0 Å². The lowest BCUT2D eigenvalue weighted by atomic mass is 9.84. The highest BCUT2D eigenvalue weighted by Crippen LogP contribution is 2.59. The molecule has 0 heterocycles. The topological polar surface area (TPSA) is 50.7 Å². The molecule has 1 amide bonds. The molecule has 3 aromatic rings. The molecule has 0 radical (unpaired) electrons. The third kappa shape index (κ3) is 3.86. The Morgan fingerprint density at radius 3 is 2.13 bits per heavy atom. The van der Waals surface area contributed by atoms with E-state index in [9.17, 15) is 4.79 Å². The molecule has 1 aliphatic carbocycles. The predicted molar refractivity (Wildman–Crippen MR) is 120 cm³/mol. The van der Waals surface area contributed by atoms with Gasteiger partial charge in [-0.25, -0.2) is 5.43 Å². The maximum absolute atomic E-state index is 13.0. The van der Waals surface area contributed by atoms with E-state index in [0.29, 0.717) is 0 Å². The van der Waals surface area contributed by atoms with E-state index in [1.807, 2.05) is 24.3 Å². The molecule has 30 heavy (non-hydrogen) atoms. The van der Waals surface area contributed by atoms with Gasteiger partial charge in [-0.15, -0.1) is 0 Å². The van der Waals surface area contributed by atoms with Crippen LogP contribution in [0.5, 0.6) is 5.75 Å². The maximum Gasteiger partial charge on any atom is 0.244 e. The molecule has 0 aliphatic heterocycles. The standard InChI is InChI=1S/C26H26N2O2/c1-18-6-4-8-21(14-18)26(22-9-5-7-19(2)15-22)16-24(26)25(29)28-27-17-20-10-12-23(30-3)13-11-20/h4-15,17,24H,16H2,1-3H3,(H,28,29)/b27-17-. The first kappa shape index (κ1) is 19.9. The number of amides is 1. The summed E-state index contributed by atoms with van der Waals surface area (Å²) in [6, 6.07) is 24.5. The van der Waals surface area contributed by atoms with Crippen LogP contribution in [-0.2, 0) is 10.2 Å². The van der Waals surface area contributed by atoms with Gasteiger partial charge in [0.2, 0.25) is 5.91 Å². The molecule has 3 aromatic carbocycles. The molecular formula is C26H26N2O2. The minimum Gasteiger partial charge on any atom is -0.497 e. The molecule has 4 rings (SSSR count). The van der Waals surface area contributed by atoms with Crippen molar-refractivity contribution in [2.75, 3.05) is 7.11 Å². The Hall–Kier alpha value is -3.40. The van der Waals surface area contributed by atoms with Crippen molar-refractivity contribution in [3.8, 4) is 5.75 Å². The molecule has 1 aliphatic rings. The van der Waals surface area contributed by atoms with Crippen molar-refractivity contribution in [3.05, 3.63) is 101 Å². The minimum absolute atomic E-state index is 0.0530. The van der Waals surface area contributed by atoms with Crippen LogP contribution in [0.25, 0.3) is 0 Å². The average molecular weight is 399 g/mol. The summed E-state index contributed by atoms with van der Waals surface area (Å²) in [7, 11) is 1.63. The lowest BCUT2D eigenvalue weighted by Gasteiger charge is -2.19. The average Bonchev–Trinajstić information content (AvgIpc) is 3.51. The van der Waals surface area contributed by atoms with Crippen molar-refractivity contribution < 1.29 is 9.53 Å². The molecule has 1 fully saturated rings. The molecule has 4 heteroatoms. The molecule has 0 saturated heterocycles. The number of methoxy groups -OCH3 is 1. The van der Waals surface area contributed by atoms with Crippen molar-refractivity contribution in [1.29, 1.82) is 0 Å². The normalized spacial score (nSPS) is 17.0. The number of benzene rings is 3. The van der Waals surface area contributed by atoms with E-state index in [4.69, 9.17) is 4.74 Å². The van der Waals surface area contributed by atoms with Gasteiger partial charge in [-0.2, -0.15) is 5.10 Å². The van der Waals surface area contributed by atoms with E-state index in [1.54, 1.807) is 13.3 Å². The number of aryl methyl sites for hydroxylation is 2. The second kappa shape index (κ2) is 8.15. The van der Waals surface area contributed by atoms with E-state index in [1.165, 1.54) is 22.3 Å². The largest absolute Gasteiger partial charge is 0.497 e. The van der Waals surface area contributed by atoms with Crippen molar-refractivity contribution in [1.82, 2.24) is 5.43 Å². The summed E-state index contributed by atoms with van der Waals surface area (Å²) in [4.78, 5) is 13.0. The van der Waals surface area contributed by atoms with Crippen molar-refractivity contribution >= 4 is 12.1 Å². The van der Waals surface area contributed by atoms with Crippen LogP contribution in [0, 0.1) is 19.8 Å². The first-order valence-corrected chi connectivity index (χ1v) is 10.1. The number of carbonyl (C=O) groups excluding carboxylic acids is 1. The summed E-state index contributed by atoms with van der Waals surface area (Å²) in [5, 5.41) is 4.18. The highest BCUT2D eigenvalue weighted by molar-refractivity contribution is 5.87. The molecule has 1 unspecified atom stereocenters. The summed E-state index contributed by atoms with van der Waals surface area (Å²) in [5.41, 5.74) is 8.12. The van der Waals surface area contributed by atoms with Crippen LogP contribution >= 0.6 is 0 Å². The Morgan fingerprint density at radius 1 is 1.00 bits per heavy atom. The number of rotatable bonds is 6. The molecule has 152 valence electrons. The van der Waals surface area contributed by atoms with Crippen LogP contribution in [0.4, 0.5) is 0 Å². The highest BCUT2D eigenvalue weighted by Gasteiger charge is 2.60. The fourth-order valence-corrected chi connectivity index (χ4v) is 4.17. The van der Waals surface area contributed by atoms with Crippen molar-refractivity contribution in [3.63, 3.8) is 0 Å². The molecule has 0 bridgehead atoms. The van der Waals surface area contributed by atoms with Crippen LogP contribution in [0.1, 0.15) is 34.2 Å². The first-order valence-electron chi connectivity index (χ1n) is 10.1. The van der Waals surface area contributed by atoms with Gasteiger partial charge in [0.05, 0.1) is 19.2 Å². The van der Waals surface area contributed by atoms with Crippen LogP contribution in [-0.4, -0.2) is 19.2 Å². The molecule has 0 aromatic heterocycles. The SMILES string of the molecule is COc1ccc(/C=N\NC(=O)C2CC2(c2cccc(C)c2)c2cccc(C)c2)cc1. The monoisotopic (exact) mass is 398 g/mol.